The predicted molar refractivity (Wildman–Crippen MR) is 57.4 cm³/mol. The molecule has 7 heteroatoms. The zero-order valence-corrected chi connectivity index (χ0v) is 9.14. The number of thioether (sulfide) groups is 1. The molecule has 1 N–H and O–H groups in total. The third kappa shape index (κ3) is 1.49. The molecular weight excluding hydrogens is 234 g/mol. The molecule has 0 unspecified atom stereocenters. The molecule has 0 atom stereocenters. The molecule has 1 aliphatic heterocycles. The van der Waals surface area contributed by atoms with Crippen molar-refractivity contribution in [3.63, 3.8) is 0 Å². The molecule has 0 radical (unpaired) electrons. The van der Waals surface area contributed by atoms with Crippen LogP contribution in [0.2, 0.25) is 5.15 Å². The highest BCUT2D eigenvalue weighted by atomic mass is 35.5. The fourth-order valence-electron chi connectivity index (χ4n) is 1.44. The zero-order valence-electron chi connectivity index (χ0n) is 7.57. The second kappa shape index (κ2) is 3.46. The Bertz CT molecular complexity index is 498. The molecule has 0 spiro atoms. The van der Waals surface area contributed by atoms with Crippen LogP contribution in [-0.4, -0.2) is 25.4 Å². The summed E-state index contributed by atoms with van der Waals surface area (Å²) in [6, 6.07) is 0. The van der Waals surface area contributed by atoms with E-state index in [2.05, 4.69) is 25.4 Å². The lowest BCUT2D eigenvalue weighted by atomic mass is 10.2. The van der Waals surface area contributed by atoms with E-state index in [1.807, 2.05) is 0 Å². The van der Waals surface area contributed by atoms with Crippen LogP contribution < -0.4 is 0 Å². The van der Waals surface area contributed by atoms with Crippen LogP contribution in [0.25, 0.3) is 11.5 Å². The van der Waals surface area contributed by atoms with E-state index in [1.165, 1.54) is 0 Å². The summed E-state index contributed by atoms with van der Waals surface area (Å²) in [5, 5.41) is 10.7. The van der Waals surface area contributed by atoms with Gasteiger partial charge in [0.1, 0.15) is 10.8 Å². The Hall–Kier alpha value is -1.14. The first-order chi connectivity index (χ1) is 7.34. The molecule has 0 aliphatic carbocycles. The molecule has 0 fully saturated rings. The van der Waals surface area contributed by atoms with Gasteiger partial charge in [0.25, 0.3) is 0 Å². The average molecular weight is 240 g/mol. The number of nitrogens with zero attached hydrogens (tertiary/aromatic N) is 4. The minimum atomic E-state index is 0.531. The van der Waals surface area contributed by atoms with E-state index in [0.717, 1.165) is 22.8 Å². The van der Waals surface area contributed by atoms with Crippen molar-refractivity contribution >= 4 is 23.4 Å². The van der Waals surface area contributed by atoms with Gasteiger partial charge in [0.15, 0.2) is 5.82 Å². The molecule has 2 aromatic rings. The summed E-state index contributed by atoms with van der Waals surface area (Å²) in [5.41, 5.74) is 2.68. The lowest BCUT2D eigenvalue weighted by Gasteiger charge is -2.01. The number of fused-ring (bicyclic) bond motifs is 1. The van der Waals surface area contributed by atoms with Gasteiger partial charge in [-0.05, 0) is 0 Å². The third-order valence-electron chi connectivity index (χ3n) is 2.17. The largest absolute Gasteiger partial charge is 0.230 e. The fraction of sp³-hybridized carbons (Fsp3) is 0.250. The first kappa shape index (κ1) is 9.11. The standard InChI is InChI=1S/C8H6ClN5S/c9-7-4-2-15-3-6(4)11-8(12-7)5-1-10-14-13-5/h1H,2-3H2,(H,10,13,14). The van der Waals surface area contributed by atoms with Gasteiger partial charge in [0.2, 0.25) is 0 Å². The van der Waals surface area contributed by atoms with E-state index in [4.69, 9.17) is 11.6 Å². The summed E-state index contributed by atoms with van der Waals surface area (Å²) in [4.78, 5) is 8.62. The molecule has 3 heterocycles. The highest BCUT2D eigenvalue weighted by Crippen LogP contribution is 2.33. The number of hydrogen-bond acceptors (Lipinski definition) is 5. The number of rotatable bonds is 1. The van der Waals surface area contributed by atoms with Crippen molar-refractivity contribution in [2.24, 2.45) is 0 Å². The van der Waals surface area contributed by atoms with E-state index in [1.54, 1.807) is 18.0 Å². The number of H-pyrrole nitrogens is 1. The van der Waals surface area contributed by atoms with E-state index in [9.17, 15) is 0 Å². The van der Waals surface area contributed by atoms with Gasteiger partial charge >= 0.3 is 0 Å². The molecular formula is C8H6ClN5S. The fourth-order valence-corrected chi connectivity index (χ4v) is 2.81. The summed E-state index contributed by atoms with van der Waals surface area (Å²) >= 11 is 7.86. The summed E-state index contributed by atoms with van der Waals surface area (Å²) in [6.45, 7) is 0. The van der Waals surface area contributed by atoms with Crippen LogP contribution in [0, 0.1) is 0 Å². The first-order valence-electron chi connectivity index (χ1n) is 4.34. The Labute approximate surface area is 94.7 Å². The van der Waals surface area contributed by atoms with E-state index in [-0.39, 0.29) is 0 Å². The van der Waals surface area contributed by atoms with Crippen molar-refractivity contribution in [1.29, 1.82) is 0 Å². The van der Waals surface area contributed by atoms with Gasteiger partial charge in [0.05, 0.1) is 11.9 Å². The minimum Gasteiger partial charge on any atom is -0.230 e. The second-order valence-electron chi connectivity index (χ2n) is 3.11. The molecule has 0 aromatic carbocycles. The zero-order chi connectivity index (χ0) is 10.3. The maximum atomic E-state index is 6.07. The van der Waals surface area contributed by atoms with Crippen LogP contribution >= 0.6 is 23.4 Å². The first-order valence-corrected chi connectivity index (χ1v) is 5.87. The average Bonchev–Trinajstić information content (AvgIpc) is 2.88. The molecule has 15 heavy (non-hydrogen) atoms. The third-order valence-corrected chi connectivity index (χ3v) is 3.45. The van der Waals surface area contributed by atoms with Crippen LogP contribution in [0.1, 0.15) is 11.3 Å². The van der Waals surface area contributed by atoms with Gasteiger partial charge in [0, 0.05) is 17.1 Å². The Morgan fingerprint density at radius 1 is 1.33 bits per heavy atom. The smallest absolute Gasteiger partial charge is 0.183 e. The SMILES string of the molecule is Clc1nc(-c2cn[nH]n2)nc2c1CSC2. The lowest BCUT2D eigenvalue weighted by molar-refractivity contribution is 0.936. The Morgan fingerprint density at radius 2 is 2.27 bits per heavy atom. The van der Waals surface area contributed by atoms with Gasteiger partial charge in [-0.1, -0.05) is 11.6 Å². The van der Waals surface area contributed by atoms with E-state index >= 15 is 0 Å². The highest BCUT2D eigenvalue weighted by Gasteiger charge is 2.19. The number of aromatic nitrogens is 5. The molecule has 76 valence electrons. The van der Waals surface area contributed by atoms with Gasteiger partial charge in [-0.3, -0.25) is 0 Å². The normalized spacial score (nSPS) is 14.2. The number of halogens is 1. The van der Waals surface area contributed by atoms with Crippen molar-refractivity contribution < 1.29 is 0 Å². The van der Waals surface area contributed by atoms with Crippen LogP contribution in [0.4, 0.5) is 0 Å². The molecule has 0 saturated heterocycles. The van der Waals surface area contributed by atoms with Crippen molar-refractivity contribution in [2.45, 2.75) is 11.5 Å². The second-order valence-corrected chi connectivity index (χ2v) is 4.45. The Morgan fingerprint density at radius 3 is 3.07 bits per heavy atom. The van der Waals surface area contributed by atoms with E-state index in [0.29, 0.717) is 16.7 Å². The molecule has 3 rings (SSSR count). The predicted octanol–water partition coefficient (Wildman–Crippen LogP) is 1.66. The van der Waals surface area contributed by atoms with Crippen LogP contribution in [0.3, 0.4) is 0 Å². The summed E-state index contributed by atoms with van der Waals surface area (Å²) in [5.74, 6) is 2.32. The van der Waals surface area contributed by atoms with Crippen LogP contribution in [0.5, 0.6) is 0 Å². The minimum absolute atomic E-state index is 0.531. The maximum absolute atomic E-state index is 6.07. The van der Waals surface area contributed by atoms with Crippen LogP contribution in [0.15, 0.2) is 6.20 Å². The Kier molecular flexibility index (Phi) is 2.10. The van der Waals surface area contributed by atoms with Gasteiger partial charge in [-0.25, -0.2) is 9.97 Å². The lowest BCUT2D eigenvalue weighted by Crippen LogP contribution is -1.97. The number of hydrogen-bond donors (Lipinski definition) is 1. The van der Waals surface area contributed by atoms with Crippen molar-refractivity contribution in [2.75, 3.05) is 0 Å². The van der Waals surface area contributed by atoms with Crippen molar-refractivity contribution in [1.82, 2.24) is 25.4 Å². The number of aromatic amines is 1. The summed E-state index contributed by atoms with van der Waals surface area (Å²) in [7, 11) is 0. The quantitative estimate of drug-likeness (QED) is 0.767. The van der Waals surface area contributed by atoms with Gasteiger partial charge in [-0.2, -0.15) is 27.2 Å². The summed E-state index contributed by atoms with van der Waals surface area (Å²) < 4.78 is 0. The molecule has 5 nitrogen and oxygen atoms in total. The van der Waals surface area contributed by atoms with Crippen LogP contribution in [-0.2, 0) is 11.5 Å². The van der Waals surface area contributed by atoms with Gasteiger partial charge in [-0.15, -0.1) is 0 Å². The molecule has 0 amide bonds. The maximum Gasteiger partial charge on any atom is 0.183 e. The molecule has 1 aliphatic rings. The highest BCUT2D eigenvalue weighted by molar-refractivity contribution is 7.98. The molecule has 0 saturated carbocycles. The monoisotopic (exact) mass is 239 g/mol. The molecule has 0 bridgehead atoms. The van der Waals surface area contributed by atoms with Gasteiger partial charge < -0.3 is 0 Å². The summed E-state index contributed by atoms with van der Waals surface area (Å²) in [6.07, 6.45) is 1.58. The molecule has 2 aromatic heterocycles. The van der Waals surface area contributed by atoms with Crippen molar-refractivity contribution in [3.05, 3.63) is 22.6 Å². The number of nitrogens with one attached hydrogen (secondary N) is 1. The Balaban J connectivity index is 2.15. The van der Waals surface area contributed by atoms with E-state index < -0.39 is 0 Å². The van der Waals surface area contributed by atoms with Crippen molar-refractivity contribution in [3.8, 4) is 11.5 Å². The topological polar surface area (TPSA) is 67.3 Å².